The lowest BCUT2D eigenvalue weighted by Crippen LogP contribution is -2.63. The second-order valence-electron chi connectivity index (χ2n) is 15.2. The maximum atomic E-state index is 10.8. The second-order valence-corrected chi connectivity index (χ2v) is 15.2. The lowest BCUT2D eigenvalue weighted by Gasteiger charge is -2.71. The molecule has 0 aliphatic heterocycles. The average Bonchev–Trinajstić information content (AvgIpc) is 2.67. The van der Waals surface area contributed by atoms with Crippen molar-refractivity contribution >= 4 is 0 Å². The van der Waals surface area contributed by atoms with Gasteiger partial charge in [-0.25, -0.2) is 0 Å². The topological polar surface area (TPSA) is 20.2 Å². The van der Waals surface area contributed by atoms with Crippen LogP contribution in [0.5, 0.6) is 0 Å². The third-order valence-corrected chi connectivity index (χ3v) is 13.0. The molecule has 4 fully saturated rings. The minimum Gasteiger partial charge on any atom is -0.393 e. The number of hydrogen-bond donors (Lipinski definition) is 1. The monoisotopic (exact) mass is 426 g/mol. The van der Waals surface area contributed by atoms with E-state index in [1.807, 2.05) is 5.57 Å². The number of aliphatic hydroxyl groups excluding tert-OH is 1. The first-order valence-electron chi connectivity index (χ1n) is 13.6. The van der Waals surface area contributed by atoms with Crippen molar-refractivity contribution in [2.24, 2.45) is 50.2 Å². The van der Waals surface area contributed by atoms with Crippen molar-refractivity contribution in [2.45, 2.75) is 126 Å². The first kappa shape index (κ1) is 22.5. The second kappa shape index (κ2) is 6.43. The molecule has 5 aliphatic carbocycles. The summed E-state index contributed by atoms with van der Waals surface area (Å²) in [6, 6.07) is 0. The Labute approximate surface area is 192 Å². The van der Waals surface area contributed by atoms with E-state index >= 15 is 0 Å². The molecule has 1 heteroatoms. The molecule has 0 aromatic carbocycles. The molecule has 0 heterocycles. The number of rotatable bonds is 0. The zero-order chi connectivity index (χ0) is 22.7. The maximum Gasteiger partial charge on any atom is 0.0594 e. The third-order valence-electron chi connectivity index (χ3n) is 13.0. The lowest BCUT2D eigenvalue weighted by atomic mass is 9.33. The largest absolute Gasteiger partial charge is 0.393 e. The van der Waals surface area contributed by atoms with Gasteiger partial charge in [0, 0.05) is 0 Å². The van der Waals surface area contributed by atoms with Gasteiger partial charge in [0.05, 0.1) is 6.10 Å². The first-order chi connectivity index (χ1) is 14.2. The molecule has 31 heavy (non-hydrogen) atoms. The average molecular weight is 427 g/mol. The molecule has 8 unspecified atom stereocenters. The van der Waals surface area contributed by atoms with Gasteiger partial charge >= 0.3 is 0 Å². The highest BCUT2D eigenvalue weighted by molar-refractivity contribution is 5.35. The normalized spacial score (nSPS) is 55.2. The summed E-state index contributed by atoms with van der Waals surface area (Å²) in [5.74, 6) is 2.29. The van der Waals surface area contributed by atoms with Crippen molar-refractivity contribution < 1.29 is 5.11 Å². The Morgan fingerprint density at radius 2 is 1.48 bits per heavy atom. The van der Waals surface area contributed by atoms with Crippen LogP contribution in [0, 0.1) is 50.2 Å². The number of allylic oxidation sites excluding steroid dienone is 2. The summed E-state index contributed by atoms with van der Waals surface area (Å²) in [4.78, 5) is 0. The number of hydrogen-bond acceptors (Lipinski definition) is 1. The van der Waals surface area contributed by atoms with E-state index in [9.17, 15) is 5.11 Å². The summed E-state index contributed by atoms with van der Waals surface area (Å²) in [7, 11) is 0. The molecule has 0 aromatic rings. The van der Waals surface area contributed by atoms with Crippen LogP contribution in [0.1, 0.15) is 120 Å². The van der Waals surface area contributed by atoms with Gasteiger partial charge in [0.15, 0.2) is 0 Å². The van der Waals surface area contributed by atoms with Gasteiger partial charge in [-0.05, 0) is 114 Å². The van der Waals surface area contributed by atoms with Gasteiger partial charge in [-0.2, -0.15) is 0 Å². The van der Waals surface area contributed by atoms with Crippen molar-refractivity contribution in [1.29, 1.82) is 0 Å². The molecule has 0 aromatic heterocycles. The standard InChI is InChI=1S/C30H50O/c1-25(2)15-16-27(5)13-12-22-28(6,23(27)19-25)17-18-29(7)21-9-10-24(31)26(3,4)20(21)11-14-30(22,29)8/h12,20-21,23-24,31H,9-11,13-19H2,1-8H3. The van der Waals surface area contributed by atoms with Crippen molar-refractivity contribution in [2.75, 3.05) is 0 Å². The van der Waals surface area contributed by atoms with Crippen LogP contribution in [0.25, 0.3) is 0 Å². The molecule has 0 amide bonds. The summed E-state index contributed by atoms with van der Waals surface area (Å²) in [6.45, 7) is 20.5. The lowest BCUT2D eigenvalue weighted by molar-refractivity contribution is -0.181. The zero-order valence-electron chi connectivity index (χ0n) is 21.9. The predicted octanol–water partition coefficient (Wildman–Crippen LogP) is 8.17. The van der Waals surface area contributed by atoms with Gasteiger partial charge in [0.1, 0.15) is 0 Å². The molecule has 4 saturated carbocycles. The van der Waals surface area contributed by atoms with Crippen LogP contribution in [-0.2, 0) is 0 Å². The van der Waals surface area contributed by atoms with Crippen molar-refractivity contribution in [3.8, 4) is 0 Å². The van der Waals surface area contributed by atoms with Crippen molar-refractivity contribution in [1.82, 2.24) is 0 Å². The Hall–Kier alpha value is -0.300. The van der Waals surface area contributed by atoms with Crippen LogP contribution in [0.4, 0.5) is 0 Å². The summed E-state index contributed by atoms with van der Waals surface area (Å²) >= 11 is 0. The van der Waals surface area contributed by atoms with Crippen molar-refractivity contribution in [3.05, 3.63) is 11.6 Å². The van der Waals surface area contributed by atoms with Crippen LogP contribution >= 0.6 is 0 Å². The van der Waals surface area contributed by atoms with Crippen LogP contribution < -0.4 is 0 Å². The van der Waals surface area contributed by atoms with Gasteiger partial charge in [-0.15, -0.1) is 0 Å². The highest BCUT2D eigenvalue weighted by Crippen LogP contribution is 2.76. The van der Waals surface area contributed by atoms with Crippen LogP contribution in [-0.4, -0.2) is 11.2 Å². The smallest absolute Gasteiger partial charge is 0.0594 e. The van der Waals surface area contributed by atoms with Crippen LogP contribution in [0.15, 0.2) is 11.6 Å². The van der Waals surface area contributed by atoms with E-state index in [0.29, 0.717) is 33.0 Å². The Bertz CT molecular complexity index is 790. The van der Waals surface area contributed by atoms with Gasteiger partial charge < -0.3 is 5.11 Å². The van der Waals surface area contributed by atoms with Gasteiger partial charge in [0.2, 0.25) is 0 Å². The van der Waals surface area contributed by atoms with E-state index < -0.39 is 0 Å². The van der Waals surface area contributed by atoms with Gasteiger partial charge in [0.25, 0.3) is 0 Å². The summed E-state index contributed by atoms with van der Waals surface area (Å²) in [5, 5.41) is 10.8. The quantitative estimate of drug-likeness (QED) is 0.387. The van der Waals surface area contributed by atoms with E-state index in [2.05, 4.69) is 61.5 Å². The fourth-order valence-electron chi connectivity index (χ4n) is 10.4. The molecular formula is C30H50O. The Kier molecular flexibility index (Phi) is 4.66. The van der Waals surface area contributed by atoms with E-state index in [-0.39, 0.29) is 11.5 Å². The SMILES string of the molecule is CC1(C)CCC2(C)CC=C3C(C)(CCC4(C)C5CCC(O)C(C)(C)C5CCC34C)C2C1. The highest BCUT2D eigenvalue weighted by Gasteiger charge is 2.67. The van der Waals surface area contributed by atoms with E-state index in [1.165, 1.54) is 57.8 Å². The molecule has 5 rings (SSSR count). The summed E-state index contributed by atoms with van der Waals surface area (Å²) < 4.78 is 0. The van der Waals surface area contributed by atoms with E-state index in [0.717, 1.165) is 18.3 Å². The number of fused-ring (bicyclic) bond motifs is 7. The van der Waals surface area contributed by atoms with Gasteiger partial charge in [-0.3, -0.25) is 0 Å². The van der Waals surface area contributed by atoms with E-state index in [1.54, 1.807) is 0 Å². The molecule has 176 valence electrons. The fourth-order valence-corrected chi connectivity index (χ4v) is 10.4. The molecule has 0 spiro atoms. The summed E-state index contributed by atoms with van der Waals surface area (Å²) in [5.41, 5.74) is 4.05. The fraction of sp³-hybridized carbons (Fsp3) is 0.933. The minimum atomic E-state index is -0.116. The third kappa shape index (κ3) is 2.77. The van der Waals surface area contributed by atoms with Gasteiger partial charge in [-0.1, -0.05) is 67.0 Å². The highest BCUT2D eigenvalue weighted by atomic mass is 16.3. The van der Waals surface area contributed by atoms with Crippen molar-refractivity contribution in [3.63, 3.8) is 0 Å². The molecule has 1 nitrogen and oxygen atoms in total. The molecule has 1 N–H and O–H groups in total. The molecular weight excluding hydrogens is 376 g/mol. The molecule has 8 atom stereocenters. The molecule has 5 aliphatic rings. The molecule has 0 bridgehead atoms. The zero-order valence-corrected chi connectivity index (χ0v) is 21.9. The first-order valence-corrected chi connectivity index (χ1v) is 13.6. The van der Waals surface area contributed by atoms with E-state index in [4.69, 9.17) is 0 Å². The minimum absolute atomic E-state index is 0.0704. The van der Waals surface area contributed by atoms with Crippen LogP contribution in [0.2, 0.25) is 0 Å². The molecule has 0 radical (unpaired) electrons. The Balaban J connectivity index is 1.57. The number of aliphatic hydroxyl groups is 1. The van der Waals surface area contributed by atoms with Crippen LogP contribution in [0.3, 0.4) is 0 Å². The maximum absolute atomic E-state index is 10.8. The Morgan fingerprint density at radius 1 is 0.774 bits per heavy atom. The molecule has 0 saturated heterocycles. The predicted molar refractivity (Wildman–Crippen MR) is 131 cm³/mol. The Morgan fingerprint density at radius 3 is 2.19 bits per heavy atom. The summed E-state index contributed by atoms with van der Waals surface area (Å²) in [6.07, 6.45) is 15.8.